The molecule has 52 valence electrons. The second-order valence-corrected chi connectivity index (χ2v) is 3.42. The van der Waals surface area contributed by atoms with Gasteiger partial charge in [0.15, 0.2) is 5.17 Å². The summed E-state index contributed by atoms with van der Waals surface area (Å²) in [5.74, 6) is 1.03. The highest BCUT2D eigenvalue weighted by Crippen LogP contribution is 2.24. The van der Waals surface area contributed by atoms with Crippen LogP contribution >= 0.6 is 11.8 Å². The van der Waals surface area contributed by atoms with Crippen molar-refractivity contribution in [2.24, 2.45) is 10.7 Å². The summed E-state index contributed by atoms with van der Waals surface area (Å²) in [5.41, 5.74) is 5.54. The van der Waals surface area contributed by atoms with Crippen LogP contribution in [0.5, 0.6) is 0 Å². The number of hydrogen-bond donors (Lipinski definition) is 1. The van der Waals surface area contributed by atoms with Crippen molar-refractivity contribution >= 4 is 16.9 Å². The third kappa shape index (κ3) is 2.75. The molecular formula is C6H12N2S. The zero-order valence-corrected chi connectivity index (χ0v) is 6.45. The molecule has 0 spiro atoms. The number of rotatable bonds is 2. The zero-order chi connectivity index (χ0) is 6.69. The Bertz CT molecular complexity index is 118. The fraction of sp³-hybridized carbons (Fsp3) is 0.833. The summed E-state index contributed by atoms with van der Waals surface area (Å²) in [6, 6.07) is 0.573. The minimum absolute atomic E-state index is 0.573. The average molecular weight is 144 g/mol. The Morgan fingerprint density at radius 2 is 2.44 bits per heavy atom. The molecule has 1 rings (SSSR count). The van der Waals surface area contributed by atoms with Crippen molar-refractivity contribution in [1.82, 2.24) is 0 Å². The van der Waals surface area contributed by atoms with Gasteiger partial charge in [0.1, 0.15) is 0 Å². The van der Waals surface area contributed by atoms with Crippen LogP contribution in [0.2, 0.25) is 0 Å². The van der Waals surface area contributed by atoms with E-state index in [-0.39, 0.29) is 0 Å². The maximum Gasteiger partial charge on any atom is 0.154 e. The maximum atomic E-state index is 5.54. The largest absolute Gasteiger partial charge is 0.379 e. The van der Waals surface area contributed by atoms with Gasteiger partial charge in [0.25, 0.3) is 0 Å². The van der Waals surface area contributed by atoms with Crippen LogP contribution in [0.15, 0.2) is 4.99 Å². The third-order valence-corrected chi connectivity index (χ3v) is 1.84. The van der Waals surface area contributed by atoms with Gasteiger partial charge in [0.2, 0.25) is 0 Å². The molecule has 0 aromatic heterocycles. The van der Waals surface area contributed by atoms with E-state index < -0.39 is 0 Å². The van der Waals surface area contributed by atoms with Gasteiger partial charge in [-0.15, -0.1) is 0 Å². The summed E-state index contributed by atoms with van der Waals surface area (Å²) in [7, 11) is 0. The number of nitrogens with zero attached hydrogens (tertiary/aromatic N) is 1. The van der Waals surface area contributed by atoms with Gasteiger partial charge in [0, 0.05) is 0 Å². The highest BCUT2D eigenvalue weighted by molar-refractivity contribution is 8.13. The van der Waals surface area contributed by atoms with Crippen molar-refractivity contribution in [3.8, 4) is 0 Å². The van der Waals surface area contributed by atoms with Crippen LogP contribution in [0.1, 0.15) is 19.8 Å². The van der Waals surface area contributed by atoms with E-state index in [0.29, 0.717) is 6.04 Å². The summed E-state index contributed by atoms with van der Waals surface area (Å²) >= 11 is 1.63. The number of nitrogens with two attached hydrogens (primary N) is 1. The number of amidine groups is 1. The molecule has 0 aromatic carbocycles. The molecule has 0 aliphatic heterocycles. The highest BCUT2D eigenvalue weighted by atomic mass is 32.2. The molecule has 0 radical (unpaired) electrons. The Morgan fingerprint density at radius 3 is 2.89 bits per heavy atom. The van der Waals surface area contributed by atoms with Crippen molar-refractivity contribution in [1.29, 1.82) is 0 Å². The van der Waals surface area contributed by atoms with E-state index in [1.807, 2.05) is 0 Å². The van der Waals surface area contributed by atoms with Gasteiger partial charge in [-0.1, -0.05) is 18.7 Å². The molecule has 0 amide bonds. The van der Waals surface area contributed by atoms with Gasteiger partial charge in [-0.05, 0) is 18.6 Å². The monoisotopic (exact) mass is 144 g/mol. The Kier molecular flexibility index (Phi) is 2.39. The molecule has 0 saturated heterocycles. The Balaban J connectivity index is 2.20. The first-order valence-electron chi connectivity index (χ1n) is 3.29. The minimum Gasteiger partial charge on any atom is -0.379 e. The van der Waals surface area contributed by atoms with Crippen molar-refractivity contribution < 1.29 is 0 Å². The molecule has 0 heterocycles. The minimum atomic E-state index is 0.573. The molecule has 1 aliphatic carbocycles. The van der Waals surface area contributed by atoms with E-state index in [9.17, 15) is 0 Å². The second kappa shape index (κ2) is 3.11. The van der Waals surface area contributed by atoms with Crippen molar-refractivity contribution in [2.45, 2.75) is 25.8 Å². The number of thioether (sulfide) groups is 1. The van der Waals surface area contributed by atoms with E-state index >= 15 is 0 Å². The fourth-order valence-electron chi connectivity index (χ4n) is 0.569. The number of aliphatic imine (C=N–C) groups is 1. The fourth-order valence-corrected chi connectivity index (χ4v) is 1.09. The van der Waals surface area contributed by atoms with Gasteiger partial charge < -0.3 is 5.73 Å². The Hall–Kier alpha value is -0.180. The van der Waals surface area contributed by atoms with Crippen LogP contribution in [0.3, 0.4) is 0 Å². The second-order valence-electron chi connectivity index (χ2n) is 2.13. The van der Waals surface area contributed by atoms with Crippen LogP contribution in [-0.4, -0.2) is 17.0 Å². The van der Waals surface area contributed by atoms with Gasteiger partial charge in [-0.2, -0.15) is 0 Å². The molecule has 1 aliphatic rings. The molecule has 0 unspecified atom stereocenters. The Labute approximate surface area is 59.9 Å². The van der Waals surface area contributed by atoms with Gasteiger partial charge in [0.05, 0.1) is 6.04 Å². The third-order valence-electron chi connectivity index (χ3n) is 1.15. The summed E-state index contributed by atoms with van der Waals surface area (Å²) < 4.78 is 0. The smallest absolute Gasteiger partial charge is 0.154 e. The number of hydrogen-bond acceptors (Lipinski definition) is 2. The lowest BCUT2D eigenvalue weighted by Crippen LogP contribution is -2.07. The molecule has 1 saturated carbocycles. The first-order chi connectivity index (χ1) is 4.33. The van der Waals surface area contributed by atoms with Gasteiger partial charge in [-0.25, -0.2) is 0 Å². The SMILES string of the molecule is CCSC(N)=NC1CC1. The lowest BCUT2D eigenvalue weighted by atomic mass is 10.8. The normalized spacial score (nSPS) is 20.3. The van der Waals surface area contributed by atoms with E-state index in [0.717, 1.165) is 10.9 Å². The first-order valence-corrected chi connectivity index (χ1v) is 4.27. The maximum absolute atomic E-state index is 5.54. The standard InChI is InChI=1S/C6H12N2S/c1-2-9-6(7)8-5-3-4-5/h5H,2-4H2,1H3,(H2,7,8). The van der Waals surface area contributed by atoms with Crippen LogP contribution in [0.4, 0.5) is 0 Å². The van der Waals surface area contributed by atoms with E-state index in [1.165, 1.54) is 12.8 Å². The van der Waals surface area contributed by atoms with Crippen LogP contribution in [-0.2, 0) is 0 Å². The van der Waals surface area contributed by atoms with Crippen LogP contribution in [0, 0.1) is 0 Å². The Morgan fingerprint density at radius 1 is 1.78 bits per heavy atom. The molecule has 2 nitrogen and oxygen atoms in total. The van der Waals surface area contributed by atoms with Crippen molar-refractivity contribution in [2.75, 3.05) is 5.75 Å². The van der Waals surface area contributed by atoms with E-state index in [2.05, 4.69) is 11.9 Å². The summed E-state index contributed by atoms with van der Waals surface area (Å²) in [4.78, 5) is 4.24. The average Bonchev–Trinajstić information content (AvgIpc) is 2.50. The van der Waals surface area contributed by atoms with Crippen molar-refractivity contribution in [3.05, 3.63) is 0 Å². The first kappa shape index (κ1) is 6.93. The lowest BCUT2D eigenvalue weighted by molar-refractivity contribution is 1.07. The quantitative estimate of drug-likeness (QED) is 0.467. The molecule has 0 atom stereocenters. The predicted octanol–water partition coefficient (Wildman–Crippen LogP) is 1.22. The van der Waals surface area contributed by atoms with Crippen LogP contribution in [0.25, 0.3) is 0 Å². The predicted molar refractivity (Wildman–Crippen MR) is 42.8 cm³/mol. The zero-order valence-electron chi connectivity index (χ0n) is 5.63. The van der Waals surface area contributed by atoms with Gasteiger partial charge >= 0.3 is 0 Å². The molecular weight excluding hydrogens is 132 g/mol. The molecule has 2 N–H and O–H groups in total. The lowest BCUT2D eigenvalue weighted by Gasteiger charge is -1.93. The molecule has 9 heavy (non-hydrogen) atoms. The van der Waals surface area contributed by atoms with E-state index in [4.69, 9.17) is 5.73 Å². The summed E-state index contributed by atoms with van der Waals surface area (Å²) in [6.45, 7) is 2.08. The molecule has 0 bridgehead atoms. The van der Waals surface area contributed by atoms with Gasteiger partial charge in [-0.3, -0.25) is 4.99 Å². The topological polar surface area (TPSA) is 38.4 Å². The highest BCUT2D eigenvalue weighted by Gasteiger charge is 2.20. The molecule has 3 heteroatoms. The van der Waals surface area contributed by atoms with E-state index in [1.54, 1.807) is 11.8 Å². The molecule has 0 aromatic rings. The molecule has 1 fully saturated rings. The van der Waals surface area contributed by atoms with Crippen LogP contribution < -0.4 is 5.73 Å². The van der Waals surface area contributed by atoms with Crippen molar-refractivity contribution in [3.63, 3.8) is 0 Å². The summed E-state index contributed by atoms with van der Waals surface area (Å²) in [5, 5.41) is 0.764. The summed E-state index contributed by atoms with van der Waals surface area (Å²) in [6.07, 6.45) is 2.48.